The summed E-state index contributed by atoms with van der Waals surface area (Å²) in [5.74, 6) is 0.138. The van der Waals surface area contributed by atoms with E-state index >= 15 is 0 Å². The first-order valence-electron chi connectivity index (χ1n) is 5.83. The first kappa shape index (κ1) is 15.4. The third-order valence-corrected chi connectivity index (χ3v) is 3.47. The van der Waals surface area contributed by atoms with Crippen LogP contribution in [0.5, 0.6) is 0 Å². The van der Waals surface area contributed by atoms with E-state index in [1.165, 1.54) is 17.0 Å². The van der Waals surface area contributed by atoms with Gasteiger partial charge in [-0.25, -0.2) is 0 Å². The van der Waals surface area contributed by atoms with Crippen LogP contribution in [0.3, 0.4) is 0 Å². The Labute approximate surface area is 117 Å². The van der Waals surface area contributed by atoms with Crippen LogP contribution in [0.1, 0.15) is 19.4 Å². The molecular formula is C13H17ClN2O3. The van der Waals surface area contributed by atoms with Crippen molar-refractivity contribution >= 4 is 23.2 Å². The largest absolute Gasteiger partial charge is 0.341 e. The minimum Gasteiger partial charge on any atom is -0.341 e. The van der Waals surface area contributed by atoms with Gasteiger partial charge in [0.2, 0.25) is 5.91 Å². The van der Waals surface area contributed by atoms with Crippen LogP contribution in [-0.2, 0) is 11.3 Å². The molecule has 6 heteroatoms. The van der Waals surface area contributed by atoms with Gasteiger partial charge in [-0.15, -0.1) is 11.6 Å². The number of nitro groups is 1. The summed E-state index contributed by atoms with van der Waals surface area (Å²) in [6.07, 6.45) is 0. The summed E-state index contributed by atoms with van der Waals surface area (Å²) in [6, 6.07) is 6.26. The van der Waals surface area contributed by atoms with Crippen LogP contribution in [0.2, 0.25) is 0 Å². The number of amides is 1. The van der Waals surface area contributed by atoms with Gasteiger partial charge in [0.15, 0.2) is 0 Å². The Bertz CT molecular complexity index is 489. The number of non-ortho nitro benzene ring substituents is 1. The Morgan fingerprint density at radius 3 is 2.63 bits per heavy atom. The molecule has 0 bridgehead atoms. The molecule has 0 fully saturated rings. The van der Waals surface area contributed by atoms with Gasteiger partial charge < -0.3 is 4.90 Å². The van der Waals surface area contributed by atoms with E-state index in [4.69, 9.17) is 11.6 Å². The third kappa shape index (κ3) is 3.92. The van der Waals surface area contributed by atoms with Crippen LogP contribution < -0.4 is 0 Å². The van der Waals surface area contributed by atoms with E-state index in [1.807, 2.05) is 0 Å². The molecule has 5 nitrogen and oxygen atoms in total. The number of alkyl halides is 1. The van der Waals surface area contributed by atoms with Gasteiger partial charge in [-0.2, -0.15) is 0 Å². The first-order chi connectivity index (χ1) is 8.77. The summed E-state index contributed by atoms with van der Waals surface area (Å²) in [5, 5.41) is 10.7. The molecule has 0 saturated heterocycles. The van der Waals surface area contributed by atoms with Crippen molar-refractivity contribution < 1.29 is 9.72 Å². The number of carbonyl (C=O) groups excluding carboxylic acids is 1. The maximum atomic E-state index is 12.1. The molecule has 0 unspecified atom stereocenters. The van der Waals surface area contributed by atoms with Crippen molar-refractivity contribution in [1.82, 2.24) is 4.90 Å². The number of carbonyl (C=O) groups is 1. The standard InChI is InChI=1S/C13H17ClN2O3/c1-13(2,9-14)12(17)15(3)8-10-5-4-6-11(7-10)16(18)19/h4-7H,8-9H2,1-3H3. The number of nitro benzene ring substituents is 1. The van der Waals surface area contributed by atoms with Crippen molar-refractivity contribution in [2.75, 3.05) is 12.9 Å². The van der Waals surface area contributed by atoms with Crippen molar-refractivity contribution in [1.29, 1.82) is 0 Å². The first-order valence-corrected chi connectivity index (χ1v) is 6.36. The second-order valence-corrected chi connectivity index (χ2v) is 5.37. The number of benzene rings is 1. The minimum atomic E-state index is -0.642. The molecule has 1 aromatic carbocycles. The Kier molecular flexibility index (Phi) is 4.89. The molecule has 104 valence electrons. The predicted molar refractivity (Wildman–Crippen MR) is 74.1 cm³/mol. The van der Waals surface area contributed by atoms with E-state index in [9.17, 15) is 14.9 Å². The van der Waals surface area contributed by atoms with Gasteiger partial charge in [0.1, 0.15) is 0 Å². The average molecular weight is 285 g/mol. The number of nitrogens with zero attached hydrogens (tertiary/aromatic N) is 2. The molecule has 0 saturated carbocycles. The molecule has 1 amide bonds. The Morgan fingerprint density at radius 2 is 2.11 bits per heavy atom. The van der Waals surface area contributed by atoms with E-state index in [0.717, 1.165) is 5.56 Å². The summed E-state index contributed by atoms with van der Waals surface area (Å²) in [7, 11) is 1.66. The van der Waals surface area contributed by atoms with Gasteiger partial charge in [-0.05, 0) is 19.4 Å². The lowest BCUT2D eigenvalue weighted by molar-refractivity contribution is -0.384. The van der Waals surface area contributed by atoms with Crippen molar-refractivity contribution in [2.45, 2.75) is 20.4 Å². The highest BCUT2D eigenvalue weighted by atomic mass is 35.5. The van der Waals surface area contributed by atoms with Crippen molar-refractivity contribution in [3.63, 3.8) is 0 Å². The van der Waals surface area contributed by atoms with Gasteiger partial charge >= 0.3 is 0 Å². The van der Waals surface area contributed by atoms with Crippen LogP contribution in [0.4, 0.5) is 5.69 Å². The van der Waals surface area contributed by atoms with E-state index in [0.29, 0.717) is 6.54 Å². The fourth-order valence-electron chi connectivity index (χ4n) is 1.69. The third-order valence-electron chi connectivity index (χ3n) is 2.80. The fraction of sp³-hybridized carbons (Fsp3) is 0.462. The Morgan fingerprint density at radius 1 is 1.47 bits per heavy atom. The van der Waals surface area contributed by atoms with E-state index < -0.39 is 10.3 Å². The quantitative estimate of drug-likeness (QED) is 0.474. The number of rotatable bonds is 5. The van der Waals surface area contributed by atoms with Gasteiger partial charge in [0.05, 0.1) is 10.3 Å². The average Bonchev–Trinajstić information content (AvgIpc) is 2.38. The van der Waals surface area contributed by atoms with Crippen LogP contribution in [0.15, 0.2) is 24.3 Å². The second kappa shape index (κ2) is 6.02. The smallest absolute Gasteiger partial charge is 0.269 e. The molecule has 0 aliphatic carbocycles. The topological polar surface area (TPSA) is 63.4 Å². The Balaban J connectivity index is 2.82. The lowest BCUT2D eigenvalue weighted by Gasteiger charge is -2.27. The maximum Gasteiger partial charge on any atom is 0.269 e. The second-order valence-electron chi connectivity index (χ2n) is 5.11. The molecule has 1 rings (SSSR count). The fourth-order valence-corrected chi connectivity index (χ4v) is 1.80. The summed E-state index contributed by atoms with van der Waals surface area (Å²) < 4.78 is 0. The molecular weight excluding hydrogens is 268 g/mol. The van der Waals surface area contributed by atoms with Gasteiger partial charge in [0, 0.05) is 31.6 Å². The lowest BCUT2D eigenvalue weighted by Crippen LogP contribution is -2.39. The number of hydrogen-bond acceptors (Lipinski definition) is 3. The monoisotopic (exact) mass is 284 g/mol. The van der Waals surface area contributed by atoms with Gasteiger partial charge in [-0.3, -0.25) is 14.9 Å². The van der Waals surface area contributed by atoms with Crippen LogP contribution in [0.25, 0.3) is 0 Å². The van der Waals surface area contributed by atoms with Crippen molar-refractivity contribution in [3.05, 3.63) is 39.9 Å². The zero-order chi connectivity index (χ0) is 14.6. The SMILES string of the molecule is CN(Cc1cccc([N+](=O)[O-])c1)C(=O)C(C)(C)CCl. The summed E-state index contributed by atoms with van der Waals surface area (Å²) in [5.41, 5.74) is 0.0992. The zero-order valence-corrected chi connectivity index (χ0v) is 12.0. The molecule has 0 atom stereocenters. The Hall–Kier alpha value is -1.62. The molecule has 0 radical (unpaired) electrons. The zero-order valence-electron chi connectivity index (χ0n) is 11.2. The molecule has 0 aliphatic rings. The van der Waals surface area contributed by atoms with Crippen molar-refractivity contribution in [3.8, 4) is 0 Å². The summed E-state index contributed by atoms with van der Waals surface area (Å²) >= 11 is 5.77. The van der Waals surface area contributed by atoms with Gasteiger partial charge in [-0.1, -0.05) is 12.1 Å². The highest BCUT2D eigenvalue weighted by Crippen LogP contribution is 2.22. The van der Waals surface area contributed by atoms with Crippen LogP contribution in [0, 0.1) is 15.5 Å². The van der Waals surface area contributed by atoms with E-state index in [-0.39, 0.29) is 17.5 Å². The molecule has 0 spiro atoms. The van der Waals surface area contributed by atoms with E-state index in [2.05, 4.69) is 0 Å². The number of halogens is 1. The number of hydrogen-bond donors (Lipinski definition) is 0. The molecule has 1 aromatic rings. The van der Waals surface area contributed by atoms with E-state index in [1.54, 1.807) is 33.0 Å². The highest BCUT2D eigenvalue weighted by molar-refractivity contribution is 6.19. The van der Waals surface area contributed by atoms with Gasteiger partial charge in [0.25, 0.3) is 5.69 Å². The summed E-state index contributed by atoms with van der Waals surface area (Å²) in [6.45, 7) is 3.86. The highest BCUT2D eigenvalue weighted by Gasteiger charge is 2.29. The maximum absolute atomic E-state index is 12.1. The molecule has 19 heavy (non-hydrogen) atoms. The molecule has 0 heterocycles. The normalized spacial score (nSPS) is 11.2. The molecule has 0 N–H and O–H groups in total. The lowest BCUT2D eigenvalue weighted by atomic mass is 9.94. The molecule has 0 aromatic heterocycles. The van der Waals surface area contributed by atoms with Crippen molar-refractivity contribution in [2.24, 2.45) is 5.41 Å². The molecule has 0 aliphatic heterocycles. The van der Waals surface area contributed by atoms with Crippen LogP contribution in [-0.4, -0.2) is 28.7 Å². The minimum absolute atomic E-state index is 0.0231. The summed E-state index contributed by atoms with van der Waals surface area (Å²) in [4.78, 5) is 23.9. The van der Waals surface area contributed by atoms with Crippen LogP contribution >= 0.6 is 11.6 Å². The predicted octanol–water partition coefficient (Wildman–Crippen LogP) is 2.82.